The maximum absolute atomic E-state index is 9.75. The van der Waals surface area contributed by atoms with Gasteiger partial charge < -0.3 is 15.0 Å². The van der Waals surface area contributed by atoms with E-state index >= 15 is 0 Å². The fourth-order valence-corrected chi connectivity index (χ4v) is 3.26. The van der Waals surface area contributed by atoms with E-state index in [-0.39, 0.29) is 6.10 Å². The summed E-state index contributed by atoms with van der Waals surface area (Å²) in [4.78, 5) is 4.07. The SMILES string of the molecule is CC(NCC1CCCC(O)C1)c1ccc(-n2ccnc2)cc1. The third-order valence-corrected chi connectivity index (χ3v) is 4.66. The normalized spacial score (nSPS) is 23.4. The molecule has 1 aromatic heterocycles. The summed E-state index contributed by atoms with van der Waals surface area (Å²) in [7, 11) is 0. The molecule has 3 unspecified atom stereocenters. The van der Waals surface area contributed by atoms with Crippen LogP contribution in [0.25, 0.3) is 5.69 Å². The zero-order chi connectivity index (χ0) is 15.4. The van der Waals surface area contributed by atoms with Crippen LogP contribution in [0.4, 0.5) is 0 Å². The standard InChI is InChI=1S/C18H25N3O/c1-14(20-12-15-3-2-4-18(22)11-15)16-5-7-17(8-6-16)21-10-9-19-13-21/h5-10,13-15,18,20,22H,2-4,11-12H2,1H3. The number of rotatable bonds is 5. The minimum Gasteiger partial charge on any atom is -0.393 e. The first-order chi connectivity index (χ1) is 10.7. The number of aliphatic hydroxyl groups is 1. The van der Waals surface area contributed by atoms with E-state index in [2.05, 4.69) is 41.5 Å². The van der Waals surface area contributed by atoms with Gasteiger partial charge >= 0.3 is 0 Å². The first-order valence-electron chi connectivity index (χ1n) is 8.22. The van der Waals surface area contributed by atoms with Gasteiger partial charge in [-0.3, -0.25) is 0 Å². The smallest absolute Gasteiger partial charge is 0.0991 e. The largest absolute Gasteiger partial charge is 0.393 e. The second-order valence-electron chi connectivity index (χ2n) is 6.38. The molecule has 1 aromatic carbocycles. The summed E-state index contributed by atoms with van der Waals surface area (Å²) in [6.45, 7) is 3.19. The molecular weight excluding hydrogens is 274 g/mol. The second kappa shape index (κ2) is 7.07. The Balaban J connectivity index is 1.54. The van der Waals surface area contributed by atoms with Crippen LogP contribution in [0.15, 0.2) is 43.0 Å². The monoisotopic (exact) mass is 299 g/mol. The van der Waals surface area contributed by atoms with E-state index in [1.54, 1.807) is 6.20 Å². The van der Waals surface area contributed by atoms with Crippen molar-refractivity contribution in [1.29, 1.82) is 0 Å². The summed E-state index contributed by atoms with van der Waals surface area (Å²) in [6.07, 6.45) is 9.76. The van der Waals surface area contributed by atoms with E-state index in [0.717, 1.165) is 31.5 Å². The fourth-order valence-electron chi connectivity index (χ4n) is 3.26. The molecule has 3 atom stereocenters. The van der Waals surface area contributed by atoms with Gasteiger partial charge in [-0.05, 0) is 56.3 Å². The molecule has 4 nitrogen and oxygen atoms in total. The average Bonchev–Trinajstić information content (AvgIpc) is 3.07. The lowest BCUT2D eigenvalue weighted by Crippen LogP contribution is -2.30. The highest BCUT2D eigenvalue weighted by atomic mass is 16.3. The summed E-state index contributed by atoms with van der Waals surface area (Å²) < 4.78 is 2.01. The first-order valence-corrected chi connectivity index (χ1v) is 8.22. The van der Waals surface area contributed by atoms with Crippen molar-refractivity contribution in [2.75, 3.05) is 6.54 Å². The van der Waals surface area contributed by atoms with Gasteiger partial charge in [-0.1, -0.05) is 18.6 Å². The minimum atomic E-state index is -0.0923. The van der Waals surface area contributed by atoms with Crippen molar-refractivity contribution in [1.82, 2.24) is 14.9 Å². The molecule has 0 bridgehead atoms. The summed E-state index contributed by atoms with van der Waals surface area (Å²) in [6, 6.07) is 8.92. The van der Waals surface area contributed by atoms with Crippen molar-refractivity contribution >= 4 is 0 Å². The number of imidazole rings is 1. The number of hydrogen-bond donors (Lipinski definition) is 2. The molecule has 1 aliphatic rings. The molecule has 0 radical (unpaired) electrons. The van der Waals surface area contributed by atoms with Crippen LogP contribution < -0.4 is 5.32 Å². The lowest BCUT2D eigenvalue weighted by Gasteiger charge is -2.27. The van der Waals surface area contributed by atoms with Gasteiger partial charge in [0.2, 0.25) is 0 Å². The van der Waals surface area contributed by atoms with Crippen LogP contribution in [0.5, 0.6) is 0 Å². The third-order valence-electron chi connectivity index (χ3n) is 4.66. The lowest BCUT2D eigenvalue weighted by atomic mass is 9.87. The van der Waals surface area contributed by atoms with Crippen molar-refractivity contribution in [2.45, 2.75) is 44.8 Å². The zero-order valence-electron chi connectivity index (χ0n) is 13.2. The van der Waals surface area contributed by atoms with Gasteiger partial charge in [0, 0.05) is 24.1 Å². The molecule has 1 heterocycles. The lowest BCUT2D eigenvalue weighted by molar-refractivity contribution is 0.0998. The van der Waals surface area contributed by atoms with Crippen LogP contribution in [-0.4, -0.2) is 27.3 Å². The second-order valence-corrected chi connectivity index (χ2v) is 6.38. The van der Waals surface area contributed by atoms with Crippen molar-refractivity contribution in [3.05, 3.63) is 48.5 Å². The Labute approximate surface area is 132 Å². The number of benzene rings is 1. The molecule has 0 saturated heterocycles. The number of hydrogen-bond acceptors (Lipinski definition) is 3. The molecule has 2 N–H and O–H groups in total. The van der Waals surface area contributed by atoms with E-state index in [0.29, 0.717) is 12.0 Å². The average molecular weight is 299 g/mol. The molecule has 1 aliphatic carbocycles. The molecule has 0 spiro atoms. The zero-order valence-corrected chi connectivity index (χ0v) is 13.2. The Bertz CT molecular complexity index is 565. The Morgan fingerprint density at radius 2 is 2.14 bits per heavy atom. The summed E-state index contributed by atoms with van der Waals surface area (Å²) >= 11 is 0. The molecule has 1 saturated carbocycles. The summed E-state index contributed by atoms with van der Waals surface area (Å²) in [5.41, 5.74) is 2.42. The van der Waals surface area contributed by atoms with Crippen molar-refractivity contribution in [3.8, 4) is 5.69 Å². The van der Waals surface area contributed by atoms with E-state index in [4.69, 9.17) is 0 Å². The number of aromatic nitrogens is 2. The highest BCUT2D eigenvalue weighted by Crippen LogP contribution is 2.24. The third kappa shape index (κ3) is 3.76. The Kier molecular flexibility index (Phi) is 4.90. The first kappa shape index (κ1) is 15.3. The molecule has 118 valence electrons. The van der Waals surface area contributed by atoms with Crippen molar-refractivity contribution in [2.24, 2.45) is 5.92 Å². The number of aliphatic hydroxyl groups excluding tert-OH is 1. The van der Waals surface area contributed by atoms with Gasteiger partial charge in [0.25, 0.3) is 0 Å². The van der Waals surface area contributed by atoms with Gasteiger partial charge in [-0.25, -0.2) is 4.98 Å². The molecule has 4 heteroatoms. The van der Waals surface area contributed by atoms with E-state index in [1.807, 2.05) is 17.1 Å². The molecule has 2 aromatic rings. The van der Waals surface area contributed by atoms with Crippen molar-refractivity contribution in [3.63, 3.8) is 0 Å². The van der Waals surface area contributed by atoms with E-state index in [9.17, 15) is 5.11 Å². The highest BCUT2D eigenvalue weighted by Gasteiger charge is 2.20. The van der Waals surface area contributed by atoms with Gasteiger partial charge in [-0.15, -0.1) is 0 Å². The molecule has 0 amide bonds. The maximum Gasteiger partial charge on any atom is 0.0991 e. The molecule has 1 fully saturated rings. The topological polar surface area (TPSA) is 50.1 Å². The van der Waals surface area contributed by atoms with Crippen molar-refractivity contribution < 1.29 is 5.11 Å². The fraction of sp³-hybridized carbons (Fsp3) is 0.500. The van der Waals surface area contributed by atoms with Crippen LogP contribution in [0.2, 0.25) is 0 Å². The predicted molar refractivity (Wildman–Crippen MR) is 87.9 cm³/mol. The van der Waals surface area contributed by atoms with E-state index < -0.39 is 0 Å². The summed E-state index contributed by atoms with van der Waals surface area (Å²) in [5.74, 6) is 0.608. The minimum absolute atomic E-state index is 0.0923. The highest BCUT2D eigenvalue weighted by molar-refractivity contribution is 5.35. The van der Waals surface area contributed by atoms with Crippen LogP contribution in [-0.2, 0) is 0 Å². The van der Waals surface area contributed by atoms with Gasteiger partial charge in [0.15, 0.2) is 0 Å². The maximum atomic E-state index is 9.75. The Hall–Kier alpha value is -1.65. The molecular formula is C18H25N3O. The quantitative estimate of drug-likeness (QED) is 0.892. The Morgan fingerprint density at radius 1 is 1.32 bits per heavy atom. The molecule has 0 aliphatic heterocycles. The van der Waals surface area contributed by atoms with Gasteiger partial charge in [0.05, 0.1) is 12.4 Å². The predicted octanol–water partition coefficient (Wildman–Crippen LogP) is 3.07. The van der Waals surface area contributed by atoms with Crippen LogP contribution in [0.3, 0.4) is 0 Å². The number of nitrogens with zero attached hydrogens (tertiary/aromatic N) is 2. The Morgan fingerprint density at radius 3 is 2.82 bits per heavy atom. The van der Waals surface area contributed by atoms with Gasteiger partial charge in [-0.2, -0.15) is 0 Å². The van der Waals surface area contributed by atoms with Crippen LogP contribution in [0, 0.1) is 5.92 Å². The van der Waals surface area contributed by atoms with Gasteiger partial charge in [0.1, 0.15) is 0 Å². The molecule has 3 rings (SSSR count). The summed E-state index contributed by atoms with van der Waals surface area (Å²) in [5, 5.41) is 13.4. The van der Waals surface area contributed by atoms with Crippen LogP contribution in [0.1, 0.15) is 44.2 Å². The number of nitrogens with one attached hydrogen (secondary N) is 1. The molecule has 22 heavy (non-hydrogen) atoms. The van der Waals surface area contributed by atoms with Crippen LogP contribution >= 0.6 is 0 Å². The van der Waals surface area contributed by atoms with E-state index in [1.165, 1.54) is 12.0 Å².